The molecule has 0 bridgehead atoms. The lowest BCUT2D eigenvalue weighted by molar-refractivity contribution is -0.136. The molecule has 18 heavy (non-hydrogen) atoms. The number of carbonyl (C=O) groups excluding carboxylic acids is 1. The molecule has 0 unspecified atom stereocenters. The first-order chi connectivity index (χ1) is 8.34. The van der Waals surface area contributed by atoms with Crippen LogP contribution in [0.2, 0.25) is 0 Å². The van der Waals surface area contributed by atoms with Crippen molar-refractivity contribution < 1.29 is 18.0 Å². The Balaban J connectivity index is 2.83. The van der Waals surface area contributed by atoms with Gasteiger partial charge in [-0.05, 0) is 24.6 Å². The summed E-state index contributed by atoms with van der Waals surface area (Å²) in [5.74, 6) is 0. The topological polar surface area (TPSA) is 67.2 Å². The lowest BCUT2D eigenvalue weighted by atomic mass is 10.1. The van der Waals surface area contributed by atoms with Gasteiger partial charge in [-0.1, -0.05) is 6.92 Å². The van der Waals surface area contributed by atoms with Crippen molar-refractivity contribution in [1.82, 2.24) is 5.32 Å². The molecule has 1 aromatic rings. The number of alkyl halides is 3. The van der Waals surface area contributed by atoms with E-state index >= 15 is 0 Å². The van der Waals surface area contributed by atoms with Crippen molar-refractivity contribution in [3.8, 4) is 0 Å². The van der Waals surface area contributed by atoms with Crippen molar-refractivity contribution in [2.75, 3.05) is 17.6 Å². The Bertz CT molecular complexity index is 432. The largest absolute Gasteiger partial charge is 0.418 e. The predicted molar refractivity (Wildman–Crippen MR) is 63.2 cm³/mol. The maximum atomic E-state index is 12.6. The summed E-state index contributed by atoms with van der Waals surface area (Å²) in [5, 5.41) is 4.80. The molecule has 0 saturated heterocycles. The summed E-state index contributed by atoms with van der Waals surface area (Å²) in [5.41, 5.74) is 3.95. The van der Waals surface area contributed by atoms with E-state index < -0.39 is 17.8 Å². The molecule has 0 atom stereocenters. The highest BCUT2D eigenvalue weighted by molar-refractivity contribution is 5.89. The zero-order valence-electron chi connectivity index (χ0n) is 9.77. The number of halogens is 3. The smallest absolute Gasteiger partial charge is 0.398 e. The number of anilines is 2. The fraction of sp³-hybridized carbons (Fsp3) is 0.364. The summed E-state index contributed by atoms with van der Waals surface area (Å²) < 4.78 is 37.7. The Labute approximate surface area is 102 Å². The number of rotatable bonds is 3. The molecule has 0 aliphatic rings. The number of nitrogen functional groups attached to an aromatic ring is 1. The van der Waals surface area contributed by atoms with Gasteiger partial charge >= 0.3 is 12.2 Å². The number of carbonyl (C=O) groups is 1. The van der Waals surface area contributed by atoms with Gasteiger partial charge in [-0.25, -0.2) is 4.79 Å². The van der Waals surface area contributed by atoms with E-state index in [2.05, 4.69) is 10.6 Å². The van der Waals surface area contributed by atoms with Gasteiger partial charge in [0.2, 0.25) is 0 Å². The molecule has 0 aliphatic carbocycles. The van der Waals surface area contributed by atoms with E-state index in [9.17, 15) is 18.0 Å². The normalized spacial score (nSPS) is 11.1. The first-order valence-electron chi connectivity index (χ1n) is 5.36. The second-order valence-corrected chi connectivity index (χ2v) is 3.68. The second-order valence-electron chi connectivity index (χ2n) is 3.68. The van der Waals surface area contributed by atoms with Gasteiger partial charge in [-0.2, -0.15) is 13.2 Å². The number of hydrogen-bond donors (Lipinski definition) is 3. The standard InChI is InChI=1S/C11H14F3N3O/c1-2-5-16-10(18)17-7-3-4-9(15)8(6-7)11(12,13)14/h3-4,6H,2,5,15H2,1H3,(H2,16,17,18). The third-order valence-corrected chi connectivity index (χ3v) is 2.15. The van der Waals surface area contributed by atoms with Crippen LogP contribution in [0.1, 0.15) is 18.9 Å². The van der Waals surface area contributed by atoms with Crippen LogP contribution in [0.15, 0.2) is 18.2 Å². The fourth-order valence-corrected chi connectivity index (χ4v) is 1.29. The monoisotopic (exact) mass is 261 g/mol. The van der Waals surface area contributed by atoms with Gasteiger partial charge in [-0.3, -0.25) is 0 Å². The van der Waals surface area contributed by atoms with Crippen LogP contribution >= 0.6 is 0 Å². The fourth-order valence-electron chi connectivity index (χ4n) is 1.29. The number of amides is 2. The van der Waals surface area contributed by atoms with Crippen LogP contribution in [0.25, 0.3) is 0 Å². The van der Waals surface area contributed by atoms with Crippen molar-refractivity contribution in [3.05, 3.63) is 23.8 Å². The van der Waals surface area contributed by atoms with Crippen molar-refractivity contribution in [2.45, 2.75) is 19.5 Å². The molecule has 4 N–H and O–H groups in total. The van der Waals surface area contributed by atoms with E-state index in [1.165, 1.54) is 6.07 Å². The average molecular weight is 261 g/mol. The molecule has 2 amide bonds. The summed E-state index contributed by atoms with van der Waals surface area (Å²) in [4.78, 5) is 11.3. The summed E-state index contributed by atoms with van der Waals surface area (Å²) in [6.45, 7) is 2.32. The van der Waals surface area contributed by atoms with Crippen LogP contribution in [0, 0.1) is 0 Å². The van der Waals surface area contributed by atoms with Crippen molar-refractivity contribution >= 4 is 17.4 Å². The summed E-state index contributed by atoms with van der Waals surface area (Å²) in [6, 6.07) is 2.68. The molecule has 0 radical (unpaired) electrons. The average Bonchev–Trinajstić information content (AvgIpc) is 2.27. The molecular formula is C11H14F3N3O. The molecule has 7 heteroatoms. The minimum Gasteiger partial charge on any atom is -0.398 e. The Kier molecular flexibility index (Phi) is 4.41. The lowest BCUT2D eigenvalue weighted by Crippen LogP contribution is -2.29. The molecule has 1 aromatic carbocycles. The lowest BCUT2D eigenvalue weighted by Gasteiger charge is -2.12. The van der Waals surface area contributed by atoms with Gasteiger partial charge in [0.15, 0.2) is 0 Å². The van der Waals surface area contributed by atoms with Gasteiger partial charge in [0, 0.05) is 17.9 Å². The van der Waals surface area contributed by atoms with Gasteiger partial charge in [0.25, 0.3) is 0 Å². The van der Waals surface area contributed by atoms with Crippen molar-refractivity contribution in [3.63, 3.8) is 0 Å². The number of urea groups is 1. The molecule has 1 rings (SSSR count). The molecule has 0 heterocycles. The van der Waals surface area contributed by atoms with Crippen LogP contribution in [0.3, 0.4) is 0 Å². The van der Waals surface area contributed by atoms with Crippen LogP contribution in [-0.2, 0) is 6.18 Å². The van der Waals surface area contributed by atoms with E-state index in [1.54, 1.807) is 0 Å². The molecule has 100 valence electrons. The van der Waals surface area contributed by atoms with Gasteiger partial charge < -0.3 is 16.4 Å². The highest BCUT2D eigenvalue weighted by atomic mass is 19.4. The van der Waals surface area contributed by atoms with E-state index in [0.29, 0.717) is 6.54 Å². The highest BCUT2D eigenvalue weighted by Gasteiger charge is 2.33. The highest BCUT2D eigenvalue weighted by Crippen LogP contribution is 2.35. The molecule has 0 aliphatic heterocycles. The quantitative estimate of drug-likeness (QED) is 0.732. The van der Waals surface area contributed by atoms with Gasteiger partial charge in [0.05, 0.1) is 5.56 Å². The third-order valence-electron chi connectivity index (χ3n) is 2.15. The summed E-state index contributed by atoms with van der Waals surface area (Å²) in [7, 11) is 0. The molecule has 4 nitrogen and oxygen atoms in total. The molecule has 0 saturated carbocycles. The van der Waals surface area contributed by atoms with E-state index in [4.69, 9.17) is 5.73 Å². The summed E-state index contributed by atoms with van der Waals surface area (Å²) >= 11 is 0. The van der Waals surface area contributed by atoms with Crippen LogP contribution in [0.5, 0.6) is 0 Å². The number of hydrogen-bond acceptors (Lipinski definition) is 2. The summed E-state index contributed by atoms with van der Waals surface area (Å²) in [6.07, 6.45) is -3.80. The number of nitrogens with one attached hydrogen (secondary N) is 2. The Morgan fingerprint density at radius 2 is 2.06 bits per heavy atom. The van der Waals surface area contributed by atoms with Crippen molar-refractivity contribution in [2.24, 2.45) is 0 Å². The predicted octanol–water partition coefficient (Wildman–Crippen LogP) is 2.82. The second kappa shape index (κ2) is 5.61. The van der Waals surface area contributed by atoms with Gasteiger partial charge in [0.1, 0.15) is 0 Å². The zero-order chi connectivity index (χ0) is 13.8. The van der Waals surface area contributed by atoms with E-state index in [0.717, 1.165) is 18.6 Å². The van der Waals surface area contributed by atoms with Crippen LogP contribution in [-0.4, -0.2) is 12.6 Å². The Hall–Kier alpha value is -1.92. The first-order valence-corrected chi connectivity index (χ1v) is 5.36. The third kappa shape index (κ3) is 3.83. The molecule has 0 spiro atoms. The van der Waals surface area contributed by atoms with Gasteiger partial charge in [-0.15, -0.1) is 0 Å². The Morgan fingerprint density at radius 1 is 1.39 bits per heavy atom. The maximum Gasteiger partial charge on any atom is 0.418 e. The van der Waals surface area contributed by atoms with Crippen LogP contribution in [0.4, 0.5) is 29.3 Å². The first kappa shape index (κ1) is 14.1. The van der Waals surface area contributed by atoms with Crippen molar-refractivity contribution in [1.29, 1.82) is 0 Å². The minimum absolute atomic E-state index is 0.0464. The molecular weight excluding hydrogens is 247 g/mol. The minimum atomic E-state index is -4.54. The SMILES string of the molecule is CCCNC(=O)Nc1ccc(N)c(C(F)(F)F)c1. The maximum absolute atomic E-state index is 12.6. The number of benzene rings is 1. The molecule has 0 fully saturated rings. The Morgan fingerprint density at radius 3 is 2.61 bits per heavy atom. The van der Waals surface area contributed by atoms with Crippen LogP contribution < -0.4 is 16.4 Å². The molecule has 0 aromatic heterocycles. The van der Waals surface area contributed by atoms with E-state index in [1.807, 2.05) is 6.92 Å². The number of nitrogens with two attached hydrogens (primary N) is 1. The zero-order valence-corrected chi connectivity index (χ0v) is 9.77. The van der Waals surface area contributed by atoms with E-state index in [-0.39, 0.29) is 11.4 Å².